The first-order valence-corrected chi connectivity index (χ1v) is 8.69. The van der Waals surface area contributed by atoms with E-state index in [1.165, 1.54) is 22.5 Å². The number of furan rings is 1. The van der Waals surface area contributed by atoms with Gasteiger partial charge in [-0.25, -0.2) is 4.98 Å². The third-order valence-corrected chi connectivity index (χ3v) is 4.01. The molecule has 2 rings (SSSR count). The summed E-state index contributed by atoms with van der Waals surface area (Å²) in [5, 5.41) is 5.68. The summed E-state index contributed by atoms with van der Waals surface area (Å²) in [4.78, 5) is 30.5. The van der Waals surface area contributed by atoms with Gasteiger partial charge in [-0.15, -0.1) is 11.3 Å². The number of hydrogen-bond donors (Lipinski definition) is 1. The maximum atomic E-state index is 12.6. The number of aryl methyl sites for hydroxylation is 1. The third-order valence-electron chi connectivity index (χ3n) is 3.24. The standard InChI is InChI=1S/C17H23N3O3S/c1-6-20(8-15(21)19-17(3,4)5)16(22)12-7-14(23-9-12)13-10-24-11(2)18-13/h7,9-10H,6,8H2,1-5H3,(H,19,21). The molecule has 0 aliphatic carbocycles. The van der Waals surface area contributed by atoms with E-state index in [0.29, 0.717) is 23.6 Å². The Bertz CT molecular complexity index is 728. The topological polar surface area (TPSA) is 75.4 Å². The van der Waals surface area contributed by atoms with Crippen LogP contribution in [0.1, 0.15) is 43.1 Å². The largest absolute Gasteiger partial charge is 0.462 e. The molecule has 0 radical (unpaired) electrons. The number of nitrogens with one attached hydrogen (secondary N) is 1. The van der Waals surface area contributed by atoms with Gasteiger partial charge in [-0.1, -0.05) is 0 Å². The SMILES string of the molecule is CCN(CC(=O)NC(C)(C)C)C(=O)c1coc(-c2csc(C)n2)c1. The molecule has 2 heterocycles. The van der Waals surface area contributed by atoms with Crippen molar-refractivity contribution >= 4 is 23.2 Å². The number of likely N-dealkylation sites (N-methyl/N-ethyl adjacent to an activating group) is 1. The zero-order chi connectivity index (χ0) is 17.9. The van der Waals surface area contributed by atoms with E-state index in [4.69, 9.17) is 4.42 Å². The fraction of sp³-hybridized carbons (Fsp3) is 0.471. The van der Waals surface area contributed by atoms with Crippen LogP contribution in [0.2, 0.25) is 0 Å². The van der Waals surface area contributed by atoms with Crippen molar-refractivity contribution in [3.63, 3.8) is 0 Å². The van der Waals surface area contributed by atoms with E-state index in [2.05, 4.69) is 10.3 Å². The monoisotopic (exact) mass is 349 g/mol. The zero-order valence-electron chi connectivity index (χ0n) is 14.7. The molecule has 2 aromatic heterocycles. The summed E-state index contributed by atoms with van der Waals surface area (Å²) in [5.74, 6) is 0.137. The minimum atomic E-state index is -0.329. The van der Waals surface area contributed by atoms with Gasteiger partial charge >= 0.3 is 0 Å². The first-order valence-electron chi connectivity index (χ1n) is 7.81. The van der Waals surface area contributed by atoms with Crippen molar-refractivity contribution in [2.75, 3.05) is 13.1 Å². The second-order valence-electron chi connectivity index (χ2n) is 6.57. The lowest BCUT2D eigenvalue weighted by atomic mass is 10.1. The average Bonchev–Trinajstić information content (AvgIpc) is 3.10. The number of thiazole rings is 1. The Labute approximate surface area is 145 Å². The van der Waals surface area contributed by atoms with Crippen molar-refractivity contribution in [1.82, 2.24) is 15.2 Å². The number of carbonyl (C=O) groups excluding carboxylic acids is 2. The maximum absolute atomic E-state index is 12.6. The number of amides is 2. The Morgan fingerprint density at radius 1 is 1.38 bits per heavy atom. The van der Waals surface area contributed by atoms with Gasteiger partial charge in [-0.2, -0.15) is 0 Å². The highest BCUT2D eigenvalue weighted by Gasteiger charge is 2.22. The summed E-state index contributed by atoms with van der Waals surface area (Å²) in [5.41, 5.74) is 0.802. The highest BCUT2D eigenvalue weighted by Crippen LogP contribution is 2.24. The molecule has 0 fully saturated rings. The van der Waals surface area contributed by atoms with Crippen LogP contribution in [0.15, 0.2) is 22.1 Å². The van der Waals surface area contributed by atoms with E-state index in [1.807, 2.05) is 40.0 Å². The lowest BCUT2D eigenvalue weighted by Gasteiger charge is -2.24. The molecular weight excluding hydrogens is 326 g/mol. The molecule has 0 atom stereocenters. The van der Waals surface area contributed by atoms with Crippen LogP contribution >= 0.6 is 11.3 Å². The molecule has 0 saturated carbocycles. The van der Waals surface area contributed by atoms with Crippen LogP contribution in [0.3, 0.4) is 0 Å². The van der Waals surface area contributed by atoms with Gasteiger partial charge in [0.2, 0.25) is 5.91 Å². The molecule has 0 aromatic carbocycles. The third kappa shape index (κ3) is 4.67. The van der Waals surface area contributed by atoms with Gasteiger partial charge < -0.3 is 14.6 Å². The minimum absolute atomic E-state index is 0.0168. The molecule has 0 spiro atoms. The molecule has 7 heteroatoms. The van der Waals surface area contributed by atoms with E-state index in [1.54, 1.807) is 6.07 Å². The predicted octanol–water partition coefficient (Wildman–Crippen LogP) is 3.09. The molecule has 0 bridgehead atoms. The van der Waals surface area contributed by atoms with Crippen LogP contribution in [0, 0.1) is 6.92 Å². The Morgan fingerprint density at radius 3 is 2.62 bits per heavy atom. The van der Waals surface area contributed by atoms with E-state index in [0.717, 1.165) is 5.01 Å². The number of hydrogen-bond acceptors (Lipinski definition) is 5. The van der Waals surface area contributed by atoms with Crippen LogP contribution in [0.5, 0.6) is 0 Å². The molecule has 130 valence electrons. The zero-order valence-corrected chi connectivity index (χ0v) is 15.5. The molecule has 6 nitrogen and oxygen atoms in total. The van der Waals surface area contributed by atoms with Crippen LogP contribution in [-0.4, -0.2) is 40.3 Å². The van der Waals surface area contributed by atoms with E-state index < -0.39 is 0 Å². The van der Waals surface area contributed by atoms with Crippen molar-refractivity contribution in [1.29, 1.82) is 0 Å². The summed E-state index contributed by atoms with van der Waals surface area (Å²) < 4.78 is 5.46. The summed E-state index contributed by atoms with van der Waals surface area (Å²) in [6, 6.07) is 1.67. The lowest BCUT2D eigenvalue weighted by Crippen LogP contribution is -2.47. The lowest BCUT2D eigenvalue weighted by molar-refractivity contribution is -0.123. The average molecular weight is 349 g/mol. The molecule has 0 unspecified atom stereocenters. The maximum Gasteiger partial charge on any atom is 0.257 e. The molecule has 0 aliphatic heterocycles. The Morgan fingerprint density at radius 2 is 2.08 bits per heavy atom. The van der Waals surface area contributed by atoms with E-state index in [-0.39, 0.29) is 23.9 Å². The van der Waals surface area contributed by atoms with Gasteiger partial charge in [0.15, 0.2) is 5.76 Å². The van der Waals surface area contributed by atoms with Crippen LogP contribution < -0.4 is 5.32 Å². The quantitative estimate of drug-likeness (QED) is 0.900. The van der Waals surface area contributed by atoms with Gasteiger partial charge in [0.1, 0.15) is 12.0 Å². The molecule has 1 N–H and O–H groups in total. The van der Waals surface area contributed by atoms with Gasteiger partial charge in [-0.3, -0.25) is 9.59 Å². The normalized spacial score (nSPS) is 11.4. The molecule has 2 aromatic rings. The van der Waals surface area contributed by atoms with Crippen molar-refractivity contribution in [2.45, 2.75) is 40.2 Å². The highest BCUT2D eigenvalue weighted by molar-refractivity contribution is 7.09. The summed E-state index contributed by atoms with van der Waals surface area (Å²) in [6.07, 6.45) is 1.41. The van der Waals surface area contributed by atoms with E-state index in [9.17, 15) is 9.59 Å². The Kier molecular flexibility index (Phi) is 5.43. The molecule has 24 heavy (non-hydrogen) atoms. The molecule has 0 aliphatic rings. The fourth-order valence-electron chi connectivity index (χ4n) is 2.20. The highest BCUT2D eigenvalue weighted by atomic mass is 32.1. The smallest absolute Gasteiger partial charge is 0.257 e. The summed E-state index contributed by atoms with van der Waals surface area (Å²) in [6.45, 7) is 9.92. The Balaban J connectivity index is 2.08. The predicted molar refractivity (Wildman–Crippen MR) is 94.0 cm³/mol. The molecular formula is C17H23N3O3S. The fourth-order valence-corrected chi connectivity index (χ4v) is 2.80. The summed E-state index contributed by atoms with van der Waals surface area (Å²) in [7, 11) is 0. The van der Waals surface area contributed by atoms with Gasteiger partial charge in [0.25, 0.3) is 5.91 Å². The molecule has 2 amide bonds. The van der Waals surface area contributed by atoms with Crippen LogP contribution in [0.25, 0.3) is 11.5 Å². The number of aromatic nitrogens is 1. The molecule has 0 saturated heterocycles. The van der Waals surface area contributed by atoms with Crippen molar-refractivity contribution in [3.05, 3.63) is 28.3 Å². The first kappa shape index (κ1) is 18.2. The van der Waals surface area contributed by atoms with Crippen LogP contribution in [0.4, 0.5) is 0 Å². The number of rotatable bonds is 5. The second-order valence-corrected chi connectivity index (χ2v) is 7.63. The summed E-state index contributed by atoms with van der Waals surface area (Å²) >= 11 is 1.52. The number of nitrogens with zero attached hydrogens (tertiary/aromatic N) is 2. The first-order chi connectivity index (χ1) is 11.2. The van der Waals surface area contributed by atoms with Gasteiger partial charge in [0, 0.05) is 17.5 Å². The second kappa shape index (κ2) is 7.17. The van der Waals surface area contributed by atoms with Gasteiger partial charge in [0.05, 0.1) is 17.1 Å². The number of carbonyl (C=O) groups is 2. The van der Waals surface area contributed by atoms with Crippen molar-refractivity contribution < 1.29 is 14.0 Å². The van der Waals surface area contributed by atoms with Crippen molar-refractivity contribution in [3.8, 4) is 11.5 Å². The van der Waals surface area contributed by atoms with Crippen LogP contribution in [-0.2, 0) is 4.79 Å². The van der Waals surface area contributed by atoms with Crippen molar-refractivity contribution in [2.24, 2.45) is 0 Å². The van der Waals surface area contributed by atoms with E-state index >= 15 is 0 Å². The minimum Gasteiger partial charge on any atom is -0.462 e. The van der Waals surface area contributed by atoms with Gasteiger partial charge in [-0.05, 0) is 40.7 Å². The Hall–Kier alpha value is -2.15.